The van der Waals surface area contributed by atoms with E-state index in [1.807, 2.05) is 0 Å². The van der Waals surface area contributed by atoms with Crippen molar-refractivity contribution in [3.05, 3.63) is 7.05 Å². The largest absolute Gasteiger partial charge is 0.339 e. The van der Waals surface area contributed by atoms with Crippen molar-refractivity contribution >= 4 is 15.9 Å². The smallest absolute Gasteiger partial charge is 0.236 e. The van der Waals surface area contributed by atoms with E-state index in [1.54, 1.807) is 4.72 Å². The molecular weight excluding hydrogens is 206 g/mol. The third kappa shape index (κ3) is 3.24. The zero-order valence-corrected chi connectivity index (χ0v) is 8.51. The van der Waals surface area contributed by atoms with Crippen LogP contribution in [0.4, 0.5) is 0 Å². The molecule has 0 aliphatic carbocycles. The van der Waals surface area contributed by atoms with Gasteiger partial charge in [0, 0.05) is 19.6 Å². The molecule has 0 aromatic rings. The average Bonchev–Trinajstić information content (AvgIpc) is 2.17. The molecule has 1 aliphatic rings. The maximum absolute atomic E-state index is 11.2. The Morgan fingerprint density at radius 2 is 2.29 bits per heavy atom. The van der Waals surface area contributed by atoms with Crippen LogP contribution >= 0.6 is 0 Å². The summed E-state index contributed by atoms with van der Waals surface area (Å²) in [6.45, 7) is 1.70. The van der Waals surface area contributed by atoms with Gasteiger partial charge in [-0.2, -0.15) is 0 Å². The van der Waals surface area contributed by atoms with Crippen molar-refractivity contribution < 1.29 is 13.2 Å². The second-order valence-electron chi connectivity index (χ2n) is 2.99. The molecule has 0 aromatic carbocycles. The van der Waals surface area contributed by atoms with E-state index in [-0.39, 0.29) is 24.7 Å². The Bertz CT molecular complexity index is 301. The van der Waals surface area contributed by atoms with E-state index in [0.717, 1.165) is 0 Å². The summed E-state index contributed by atoms with van der Waals surface area (Å²) in [5.41, 5.74) is 0. The van der Waals surface area contributed by atoms with E-state index in [4.69, 9.17) is 7.05 Å². The van der Waals surface area contributed by atoms with Crippen molar-refractivity contribution in [3.63, 3.8) is 0 Å². The zero-order chi connectivity index (χ0) is 10.6. The summed E-state index contributed by atoms with van der Waals surface area (Å²) < 4.78 is 23.6. The average molecular weight is 219 g/mol. The molecule has 0 unspecified atom stereocenters. The molecule has 14 heavy (non-hydrogen) atoms. The number of nitrogens with zero attached hydrogens (tertiary/aromatic N) is 1. The molecule has 1 aliphatic heterocycles. The molecule has 1 fully saturated rings. The number of carbonyl (C=O) groups is 1. The van der Waals surface area contributed by atoms with E-state index in [0.29, 0.717) is 13.1 Å². The Kier molecular flexibility index (Phi) is 3.85. The first-order chi connectivity index (χ1) is 6.55. The highest BCUT2D eigenvalue weighted by Crippen LogP contribution is 1.95. The summed E-state index contributed by atoms with van der Waals surface area (Å²) in [5.74, 6) is -0.238. The summed E-state index contributed by atoms with van der Waals surface area (Å²) in [4.78, 5) is 12.7. The van der Waals surface area contributed by atoms with Crippen molar-refractivity contribution in [1.29, 1.82) is 0 Å². The monoisotopic (exact) mass is 219 g/mol. The Morgan fingerprint density at radius 3 is 2.86 bits per heavy atom. The Balaban J connectivity index is 2.40. The van der Waals surface area contributed by atoms with Gasteiger partial charge in [0.15, 0.2) is 0 Å². The Hall–Kier alpha value is -0.660. The molecule has 1 rings (SSSR count). The second-order valence-corrected chi connectivity index (χ2v) is 4.87. The summed E-state index contributed by atoms with van der Waals surface area (Å²) in [7, 11) is 1.37. The van der Waals surface area contributed by atoms with Gasteiger partial charge in [-0.1, -0.05) is 0 Å². The summed E-state index contributed by atoms with van der Waals surface area (Å²) >= 11 is 0. The van der Waals surface area contributed by atoms with Gasteiger partial charge in [0.2, 0.25) is 15.9 Å². The number of hydrogen-bond acceptors (Lipinski definition) is 4. The third-order valence-corrected chi connectivity index (χ3v) is 3.08. The number of piperazine rings is 1. The molecule has 2 N–H and O–H groups in total. The van der Waals surface area contributed by atoms with Gasteiger partial charge in [0.1, 0.15) is 0 Å². The molecule has 6 nitrogen and oxygen atoms in total. The van der Waals surface area contributed by atoms with Crippen LogP contribution in [0.25, 0.3) is 0 Å². The Labute approximate surface area is 83.7 Å². The molecule has 80 valence electrons. The lowest BCUT2D eigenvalue weighted by atomic mass is 10.3. The lowest BCUT2D eigenvalue weighted by Gasteiger charge is -2.26. The molecule has 1 amide bonds. The molecule has 0 aromatic heterocycles. The van der Waals surface area contributed by atoms with Crippen LogP contribution < -0.4 is 10.0 Å². The number of rotatable bonds is 4. The van der Waals surface area contributed by atoms with Gasteiger partial charge in [0.05, 0.1) is 19.3 Å². The highest BCUT2D eigenvalue weighted by atomic mass is 32.2. The predicted octanol–water partition coefficient (Wildman–Crippen LogP) is -1.99. The van der Waals surface area contributed by atoms with Gasteiger partial charge in [-0.3, -0.25) is 4.79 Å². The molecule has 1 heterocycles. The third-order valence-electron chi connectivity index (χ3n) is 2.00. The molecule has 0 saturated carbocycles. The zero-order valence-electron chi connectivity index (χ0n) is 7.69. The maximum Gasteiger partial charge on any atom is 0.236 e. The lowest BCUT2D eigenvalue weighted by molar-refractivity contribution is -0.131. The van der Waals surface area contributed by atoms with E-state index in [9.17, 15) is 13.2 Å². The fourth-order valence-corrected chi connectivity index (χ4v) is 1.75. The number of nitrogens with one attached hydrogen (secondary N) is 2. The molecule has 7 heteroatoms. The van der Waals surface area contributed by atoms with Gasteiger partial charge in [-0.15, -0.1) is 0 Å². The predicted molar refractivity (Wildman–Crippen MR) is 50.7 cm³/mol. The van der Waals surface area contributed by atoms with Crippen molar-refractivity contribution in [2.24, 2.45) is 0 Å². The van der Waals surface area contributed by atoms with Gasteiger partial charge < -0.3 is 10.2 Å². The first-order valence-corrected chi connectivity index (χ1v) is 5.89. The highest BCUT2D eigenvalue weighted by Gasteiger charge is 2.19. The van der Waals surface area contributed by atoms with Gasteiger partial charge in [-0.05, 0) is 0 Å². The number of hydrogen-bond donors (Lipinski definition) is 2. The highest BCUT2D eigenvalue weighted by molar-refractivity contribution is 7.89. The van der Waals surface area contributed by atoms with Crippen molar-refractivity contribution in [2.75, 3.05) is 31.9 Å². The van der Waals surface area contributed by atoms with Crippen molar-refractivity contribution in [3.8, 4) is 0 Å². The minimum atomic E-state index is -3.43. The normalized spacial score (nSPS) is 18.6. The topological polar surface area (TPSA) is 78.5 Å². The van der Waals surface area contributed by atoms with Crippen LogP contribution in [-0.2, 0) is 14.8 Å². The number of sulfonamides is 1. The first kappa shape index (κ1) is 11.4. The molecule has 0 atom stereocenters. The summed E-state index contributed by atoms with van der Waals surface area (Å²) in [5, 5.41) is 2.89. The quantitative estimate of drug-likeness (QED) is 0.536. The lowest BCUT2D eigenvalue weighted by Crippen LogP contribution is -2.49. The number of amides is 1. The van der Waals surface area contributed by atoms with Crippen LogP contribution in [-0.4, -0.2) is 51.2 Å². The molecular formula is C7H13N3O3S. The SMILES string of the molecule is [CH]NS(=O)(=O)CCN1CCNCC1=O. The van der Waals surface area contributed by atoms with Crippen LogP contribution in [0, 0.1) is 7.05 Å². The summed E-state index contributed by atoms with van der Waals surface area (Å²) in [6.07, 6.45) is 0. The minimum Gasteiger partial charge on any atom is -0.339 e. The van der Waals surface area contributed by atoms with Crippen LogP contribution in [0.1, 0.15) is 0 Å². The summed E-state index contributed by atoms with van der Waals surface area (Å²) in [6, 6.07) is 0. The number of carbonyl (C=O) groups excluding carboxylic acids is 1. The van der Waals surface area contributed by atoms with E-state index >= 15 is 0 Å². The maximum atomic E-state index is 11.2. The van der Waals surface area contributed by atoms with Crippen LogP contribution in [0.5, 0.6) is 0 Å². The van der Waals surface area contributed by atoms with Crippen molar-refractivity contribution in [2.45, 2.75) is 0 Å². The fourth-order valence-electron chi connectivity index (χ4n) is 1.17. The van der Waals surface area contributed by atoms with E-state index < -0.39 is 10.0 Å². The Morgan fingerprint density at radius 1 is 1.57 bits per heavy atom. The second kappa shape index (κ2) is 4.72. The molecule has 0 bridgehead atoms. The van der Waals surface area contributed by atoms with Crippen molar-refractivity contribution in [1.82, 2.24) is 14.9 Å². The van der Waals surface area contributed by atoms with Gasteiger partial charge in [0.25, 0.3) is 0 Å². The van der Waals surface area contributed by atoms with E-state index in [1.165, 1.54) is 4.90 Å². The molecule has 0 spiro atoms. The fraction of sp³-hybridized carbons (Fsp3) is 0.714. The first-order valence-electron chi connectivity index (χ1n) is 4.24. The van der Waals surface area contributed by atoms with Gasteiger partial charge >= 0.3 is 0 Å². The van der Waals surface area contributed by atoms with E-state index in [2.05, 4.69) is 5.32 Å². The molecule has 1 saturated heterocycles. The van der Waals surface area contributed by atoms with Crippen LogP contribution in [0.3, 0.4) is 0 Å². The standard InChI is InChI=1S/C7H13N3O3S/c1-8-14(12,13)5-4-10-3-2-9-6-7(10)11/h1,8-9H,2-6H2. The van der Waals surface area contributed by atoms with Crippen LogP contribution in [0.2, 0.25) is 0 Å². The van der Waals surface area contributed by atoms with Crippen LogP contribution in [0.15, 0.2) is 0 Å². The minimum absolute atomic E-state index is 0.0801. The molecule has 2 radical (unpaired) electrons. The van der Waals surface area contributed by atoms with Gasteiger partial charge in [-0.25, -0.2) is 13.1 Å².